The van der Waals surface area contributed by atoms with Gasteiger partial charge in [0.2, 0.25) is 0 Å². The lowest BCUT2D eigenvalue weighted by Crippen LogP contribution is -2.00. The Hall–Kier alpha value is -1.32. The summed E-state index contributed by atoms with van der Waals surface area (Å²) in [6.45, 7) is 3.43. The van der Waals surface area contributed by atoms with E-state index in [-0.39, 0.29) is 0 Å². The first kappa shape index (κ1) is 8.29. The molecule has 0 saturated carbocycles. The molecule has 1 aromatic heterocycles. The zero-order chi connectivity index (χ0) is 9.10. The summed E-state index contributed by atoms with van der Waals surface area (Å²) in [7, 11) is 0. The first-order valence-corrected chi connectivity index (χ1v) is 4.52. The summed E-state index contributed by atoms with van der Waals surface area (Å²) in [5, 5.41) is 7.74. The molecule has 1 aliphatic rings. The van der Waals surface area contributed by atoms with E-state index >= 15 is 0 Å². The molecular weight excluding hydrogens is 168 g/mol. The van der Waals surface area contributed by atoms with Gasteiger partial charge in [0.25, 0.3) is 5.88 Å². The van der Waals surface area contributed by atoms with Crippen LogP contribution in [0.1, 0.15) is 18.9 Å². The highest BCUT2D eigenvalue weighted by molar-refractivity contribution is 5.41. The largest absolute Gasteiger partial charge is 0.487 e. The van der Waals surface area contributed by atoms with Crippen LogP contribution in [0, 0.1) is 0 Å². The van der Waals surface area contributed by atoms with Crippen LogP contribution in [-0.2, 0) is 6.42 Å². The van der Waals surface area contributed by atoms with Crippen molar-refractivity contribution in [2.24, 2.45) is 0 Å². The van der Waals surface area contributed by atoms with E-state index in [4.69, 9.17) is 9.47 Å². The molecule has 0 radical (unpaired) electrons. The van der Waals surface area contributed by atoms with Crippen LogP contribution in [-0.4, -0.2) is 23.4 Å². The molecule has 70 valence electrons. The Morgan fingerprint density at radius 1 is 1.62 bits per heavy atom. The molecule has 2 rings (SSSR count). The third-order valence-electron chi connectivity index (χ3n) is 1.91. The molecule has 4 heteroatoms. The number of aromatic nitrogens is 2. The monoisotopic (exact) mass is 180 g/mol. The van der Waals surface area contributed by atoms with E-state index in [9.17, 15) is 0 Å². The molecule has 2 heterocycles. The molecule has 1 aromatic rings. The van der Waals surface area contributed by atoms with Crippen LogP contribution in [0.15, 0.2) is 6.20 Å². The fourth-order valence-corrected chi connectivity index (χ4v) is 1.28. The van der Waals surface area contributed by atoms with Gasteiger partial charge in [-0.2, -0.15) is 5.10 Å². The van der Waals surface area contributed by atoms with E-state index in [0.717, 1.165) is 24.2 Å². The predicted molar refractivity (Wildman–Crippen MR) is 47.0 cm³/mol. The highest BCUT2D eigenvalue weighted by Crippen LogP contribution is 2.32. The molecule has 0 saturated heterocycles. The molecule has 0 aliphatic carbocycles. The van der Waals surface area contributed by atoms with Crippen LogP contribution < -0.4 is 9.47 Å². The van der Waals surface area contributed by atoms with Crippen LogP contribution >= 0.6 is 0 Å². The van der Waals surface area contributed by atoms with E-state index < -0.39 is 0 Å². The molecule has 0 unspecified atom stereocenters. The lowest BCUT2D eigenvalue weighted by molar-refractivity contribution is 0.272. The maximum absolute atomic E-state index is 5.40. The Morgan fingerprint density at radius 2 is 2.54 bits per heavy atom. The molecule has 4 nitrogen and oxygen atoms in total. The average Bonchev–Trinajstić information content (AvgIpc) is 2.62. The minimum atomic E-state index is 0.539. The Kier molecular flexibility index (Phi) is 2.29. The van der Waals surface area contributed by atoms with Crippen LogP contribution in [0.3, 0.4) is 0 Å². The quantitative estimate of drug-likeness (QED) is 0.701. The summed E-state index contributed by atoms with van der Waals surface area (Å²) in [4.78, 5) is 0. The van der Waals surface area contributed by atoms with Crippen molar-refractivity contribution in [3.8, 4) is 11.6 Å². The number of fused-ring (bicyclic) bond motifs is 1. The fourth-order valence-electron chi connectivity index (χ4n) is 1.28. The van der Waals surface area contributed by atoms with Crippen molar-refractivity contribution in [1.29, 1.82) is 0 Å². The first-order valence-electron chi connectivity index (χ1n) is 4.52. The van der Waals surface area contributed by atoms with Crippen molar-refractivity contribution in [3.05, 3.63) is 11.8 Å². The average molecular weight is 180 g/mol. The van der Waals surface area contributed by atoms with Crippen molar-refractivity contribution >= 4 is 0 Å². The lowest BCUT2D eigenvalue weighted by atomic mass is 10.2. The minimum Gasteiger partial charge on any atom is -0.487 e. The second-order valence-corrected chi connectivity index (χ2v) is 2.95. The smallest absolute Gasteiger partial charge is 0.276 e. The van der Waals surface area contributed by atoms with E-state index in [0.29, 0.717) is 19.1 Å². The zero-order valence-electron chi connectivity index (χ0n) is 7.62. The molecule has 13 heavy (non-hydrogen) atoms. The van der Waals surface area contributed by atoms with Crippen LogP contribution in [0.5, 0.6) is 11.6 Å². The molecular formula is C9H12N2O2. The second-order valence-electron chi connectivity index (χ2n) is 2.95. The molecule has 0 bridgehead atoms. The van der Waals surface area contributed by atoms with Crippen LogP contribution in [0.2, 0.25) is 0 Å². The number of hydrogen-bond acceptors (Lipinski definition) is 4. The standard InChI is InChI=1S/C9H12N2O2/c1-2-4-13-9-8-7(3-5-12-8)6-10-11-9/h6H,2-5H2,1H3. The summed E-state index contributed by atoms with van der Waals surface area (Å²) in [5.74, 6) is 1.32. The lowest BCUT2D eigenvalue weighted by Gasteiger charge is -2.06. The van der Waals surface area contributed by atoms with Gasteiger partial charge in [-0.25, -0.2) is 0 Å². The number of nitrogens with zero attached hydrogens (tertiary/aromatic N) is 2. The van der Waals surface area contributed by atoms with Gasteiger partial charge in [-0.05, 0) is 6.42 Å². The highest BCUT2D eigenvalue weighted by atomic mass is 16.5. The highest BCUT2D eigenvalue weighted by Gasteiger charge is 2.18. The van der Waals surface area contributed by atoms with E-state index in [1.807, 2.05) is 0 Å². The SMILES string of the molecule is CCCOc1nncc2c1OCC2. The van der Waals surface area contributed by atoms with Gasteiger partial charge >= 0.3 is 0 Å². The van der Waals surface area contributed by atoms with E-state index in [2.05, 4.69) is 17.1 Å². The van der Waals surface area contributed by atoms with Gasteiger partial charge in [0, 0.05) is 12.0 Å². The van der Waals surface area contributed by atoms with Gasteiger partial charge in [-0.1, -0.05) is 6.92 Å². The number of hydrogen-bond donors (Lipinski definition) is 0. The molecule has 1 aliphatic heterocycles. The third-order valence-corrected chi connectivity index (χ3v) is 1.91. The third kappa shape index (κ3) is 1.56. The topological polar surface area (TPSA) is 44.2 Å². The predicted octanol–water partition coefficient (Wildman–Crippen LogP) is 1.20. The summed E-state index contributed by atoms with van der Waals surface area (Å²) >= 11 is 0. The Morgan fingerprint density at radius 3 is 3.38 bits per heavy atom. The maximum atomic E-state index is 5.40. The van der Waals surface area contributed by atoms with Crippen LogP contribution in [0.25, 0.3) is 0 Å². The molecule has 0 N–H and O–H groups in total. The van der Waals surface area contributed by atoms with Crippen molar-refractivity contribution in [3.63, 3.8) is 0 Å². The van der Waals surface area contributed by atoms with Crippen molar-refractivity contribution < 1.29 is 9.47 Å². The van der Waals surface area contributed by atoms with Gasteiger partial charge in [-0.3, -0.25) is 0 Å². The molecule has 0 fully saturated rings. The van der Waals surface area contributed by atoms with Gasteiger partial charge in [0.15, 0.2) is 5.75 Å². The summed E-state index contributed by atoms with van der Waals surface area (Å²) in [6, 6.07) is 0. The summed E-state index contributed by atoms with van der Waals surface area (Å²) < 4.78 is 10.8. The van der Waals surface area contributed by atoms with Crippen molar-refractivity contribution in [2.45, 2.75) is 19.8 Å². The molecule has 0 atom stereocenters. The van der Waals surface area contributed by atoms with Crippen LogP contribution in [0.4, 0.5) is 0 Å². The van der Waals surface area contributed by atoms with Gasteiger partial charge < -0.3 is 9.47 Å². The number of rotatable bonds is 3. The summed E-state index contributed by atoms with van der Waals surface area (Å²) in [6.07, 6.45) is 3.61. The van der Waals surface area contributed by atoms with Crippen molar-refractivity contribution in [2.75, 3.05) is 13.2 Å². The minimum absolute atomic E-state index is 0.539. The Balaban J connectivity index is 2.20. The maximum Gasteiger partial charge on any atom is 0.276 e. The van der Waals surface area contributed by atoms with E-state index in [1.54, 1.807) is 6.20 Å². The molecule has 0 spiro atoms. The van der Waals surface area contributed by atoms with Gasteiger partial charge in [0.05, 0.1) is 19.4 Å². The zero-order valence-corrected chi connectivity index (χ0v) is 7.62. The fraction of sp³-hybridized carbons (Fsp3) is 0.556. The van der Waals surface area contributed by atoms with Crippen molar-refractivity contribution in [1.82, 2.24) is 10.2 Å². The second kappa shape index (κ2) is 3.60. The first-order chi connectivity index (χ1) is 6.42. The summed E-state index contributed by atoms with van der Waals surface area (Å²) in [5.41, 5.74) is 1.10. The Labute approximate surface area is 76.9 Å². The van der Waals surface area contributed by atoms with E-state index in [1.165, 1.54) is 0 Å². The molecule has 0 aromatic carbocycles. The Bertz CT molecular complexity index is 302. The molecule has 0 amide bonds. The number of ether oxygens (including phenoxy) is 2. The van der Waals surface area contributed by atoms with Gasteiger partial charge in [0.1, 0.15) is 0 Å². The van der Waals surface area contributed by atoms with Gasteiger partial charge in [-0.15, -0.1) is 5.10 Å². The normalized spacial score (nSPS) is 13.6.